The molecule has 23 heavy (non-hydrogen) atoms. The Kier molecular flexibility index (Phi) is 2.88. The molecule has 4 atom stereocenters. The van der Waals surface area contributed by atoms with Crippen LogP contribution < -0.4 is 0 Å². The van der Waals surface area contributed by atoms with Gasteiger partial charge in [0.15, 0.2) is 11.6 Å². The molecule has 1 aromatic carbocycles. The van der Waals surface area contributed by atoms with Crippen LogP contribution in [0.2, 0.25) is 0 Å². The Morgan fingerprint density at radius 2 is 1.70 bits per heavy atom. The molecular formula is C21H22O2. The number of fused-ring (bicyclic) bond motifs is 6. The molecule has 2 heteroatoms. The number of hydrogen-bond donors (Lipinski definition) is 0. The monoisotopic (exact) mass is 306 g/mol. The van der Waals surface area contributed by atoms with Crippen molar-refractivity contribution in [1.82, 2.24) is 0 Å². The Bertz CT molecular complexity index is 781. The average molecular weight is 306 g/mol. The average Bonchev–Trinajstić information content (AvgIpc) is 3.11. The molecule has 1 fully saturated rings. The number of Topliss-reactive ketones (excluding diaryl/α,β-unsaturated/α-hetero) is 2. The normalized spacial score (nSPS) is 36.8. The van der Waals surface area contributed by atoms with Crippen LogP contribution in [0.25, 0.3) is 0 Å². The minimum atomic E-state index is -0.607. The zero-order chi connectivity index (χ0) is 16.4. The van der Waals surface area contributed by atoms with Crippen molar-refractivity contribution in [3.05, 3.63) is 59.2 Å². The topological polar surface area (TPSA) is 34.1 Å². The Balaban J connectivity index is 2.00. The molecule has 4 rings (SSSR count). The van der Waals surface area contributed by atoms with Gasteiger partial charge in [-0.25, -0.2) is 0 Å². The molecule has 118 valence electrons. The highest BCUT2D eigenvalue weighted by Crippen LogP contribution is 2.69. The summed E-state index contributed by atoms with van der Waals surface area (Å²) in [5, 5.41) is 0. The van der Waals surface area contributed by atoms with Crippen molar-refractivity contribution in [3.8, 4) is 0 Å². The van der Waals surface area contributed by atoms with E-state index in [4.69, 9.17) is 0 Å². The standard InChI is InChI=1S/C21H22O2/c1-13(2)10-11-21-15-9-8-14(12-15)20(21,3)18(22)16-6-4-5-7-17(16)19(21)23/h4-10,14-15H,11-12H2,1-3H3. The van der Waals surface area contributed by atoms with Crippen LogP contribution in [0.5, 0.6) is 0 Å². The van der Waals surface area contributed by atoms with E-state index < -0.39 is 10.8 Å². The van der Waals surface area contributed by atoms with E-state index in [1.54, 1.807) is 0 Å². The highest BCUT2D eigenvalue weighted by atomic mass is 16.1. The lowest BCUT2D eigenvalue weighted by atomic mass is 9.49. The lowest BCUT2D eigenvalue weighted by molar-refractivity contribution is 0.0242. The van der Waals surface area contributed by atoms with E-state index >= 15 is 0 Å². The van der Waals surface area contributed by atoms with Crippen molar-refractivity contribution in [2.24, 2.45) is 22.7 Å². The highest BCUT2D eigenvalue weighted by Gasteiger charge is 2.71. The van der Waals surface area contributed by atoms with Gasteiger partial charge in [-0.2, -0.15) is 0 Å². The van der Waals surface area contributed by atoms with Gasteiger partial charge in [-0.05, 0) is 38.5 Å². The number of benzene rings is 1. The zero-order valence-corrected chi connectivity index (χ0v) is 13.9. The summed E-state index contributed by atoms with van der Waals surface area (Å²) in [6.45, 7) is 6.15. The van der Waals surface area contributed by atoms with Crippen molar-refractivity contribution in [2.45, 2.75) is 33.6 Å². The number of allylic oxidation sites excluding steroid dienone is 4. The van der Waals surface area contributed by atoms with E-state index in [2.05, 4.69) is 32.1 Å². The van der Waals surface area contributed by atoms with Crippen molar-refractivity contribution in [2.75, 3.05) is 0 Å². The van der Waals surface area contributed by atoms with Crippen LogP contribution in [-0.4, -0.2) is 11.6 Å². The van der Waals surface area contributed by atoms with Gasteiger partial charge in [-0.3, -0.25) is 9.59 Å². The van der Waals surface area contributed by atoms with E-state index in [9.17, 15) is 9.59 Å². The number of carbonyl (C=O) groups is 2. The van der Waals surface area contributed by atoms with Crippen molar-refractivity contribution < 1.29 is 9.59 Å². The third-order valence-corrected chi connectivity index (χ3v) is 6.51. The number of ketones is 2. The second kappa shape index (κ2) is 4.53. The van der Waals surface area contributed by atoms with Gasteiger partial charge >= 0.3 is 0 Å². The predicted octanol–water partition coefficient (Wildman–Crippen LogP) is 4.62. The lowest BCUT2D eigenvalue weighted by Gasteiger charge is -2.50. The molecule has 0 aromatic heterocycles. The van der Waals surface area contributed by atoms with E-state index in [1.807, 2.05) is 31.2 Å². The van der Waals surface area contributed by atoms with Crippen LogP contribution in [0.1, 0.15) is 54.3 Å². The second-order valence-corrected chi connectivity index (χ2v) is 7.70. The summed E-state index contributed by atoms with van der Waals surface area (Å²) >= 11 is 0. The first-order valence-corrected chi connectivity index (χ1v) is 8.43. The fourth-order valence-corrected chi connectivity index (χ4v) is 5.20. The Morgan fingerprint density at radius 3 is 2.35 bits per heavy atom. The molecular weight excluding hydrogens is 284 g/mol. The summed E-state index contributed by atoms with van der Waals surface area (Å²) in [6, 6.07) is 7.38. The van der Waals surface area contributed by atoms with Gasteiger partial charge in [0, 0.05) is 11.1 Å². The van der Waals surface area contributed by atoms with E-state index in [-0.39, 0.29) is 23.4 Å². The number of rotatable bonds is 2. The third kappa shape index (κ3) is 1.54. The smallest absolute Gasteiger partial charge is 0.171 e. The maximum absolute atomic E-state index is 13.6. The quantitative estimate of drug-likeness (QED) is 0.747. The van der Waals surface area contributed by atoms with Gasteiger partial charge in [0.25, 0.3) is 0 Å². The molecule has 0 heterocycles. The summed E-state index contributed by atoms with van der Waals surface area (Å²) in [4.78, 5) is 27.0. The molecule has 1 aromatic rings. The predicted molar refractivity (Wildman–Crippen MR) is 90.4 cm³/mol. The fraction of sp³-hybridized carbons (Fsp3) is 0.429. The molecule has 0 aliphatic heterocycles. The van der Waals surface area contributed by atoms with Crippen molar-refractivity contribution >= 4 is 11.6 Å². The molecule has 3 aliphatic carbocycles. The number of carbonyl (C=O) groups excluding carboxylic acids is 2. The van der Waals surface area contributed by atoms with Gasteiger partial charge in [0.1, 0.15) is 0 Å². The molecule has 0 saturated heterocycles. The lowest BCUT2D eigenvalue weighted by Crippen LogP contribution is -2.56. The maximum Gasteiger partial charge on any atom is 0.171 e. The molecule has 0 amide bonds. The minimum Gasteiger partial charge on any atom is -0.293 e. The van der Waals surface area contributed by atoms with Gasteiger partial charge in [-0.1, -0.05) is 55.0 Å². The molecule has 4 unspecified atom stereocenters. The molecule has 3 aliphatic rings. The molecule has 0 radical (unpaired) electrons. The van der Waals surface area contributed by atoms with Crippen LogP contribution in [0, 0.1) is 22.7 Å². The summed E-state index contributed by atoms with van der Waals surface area (Å²) in [5.74, 6) is 0.692. The summed E-state index contributed by atoms with van der Waals surface area (Å²) < 4.78 is 0. The first kappa shape index (κ1) is 14.6. The number of hydrogen-bond acceptors (Lipinski definition) is 2. The maximum atomic E-state index is 13.6. The summed E-state index contributed by atoms with van der Waals surface area (Å²) in [7, 11) is 0. The largest absolute Gasteiger partial charge is 0.293 e. The van der Waals surface area contributed by atoms with Gasteiger partial charge < -0.3 is 0 Å². The van der Waals surface area contributed by atoms with E-state index in [1.165, 1.54) is 5.57 Å². The van der Waals surface area contributed by atoms with Crippen molar-refractivity contribution in [3.63, 3.8) is 0 Å². The van der Waals surface area contributed by atoms with E-state index in [0.717, 1.165) is 6.42 Å². The van der Waals surface area contributed by atoms with Gasteiger partial charge in [0.2, 0.25) is 0 Å². The third-order valence-electron chi connectivity index (χ3n) is 6.51. The summed E-state index contributed by atoms with van der Waals surface area (Å²) in [5.41, 5.74) is 1.23. The fourth-order valence-electron chi connectivity index (χ4n) is 5.20. The van der Waals surface area contributed by atoms with E-state index in [0.29, 0.717) is 17.5 Å². The molecule has 0 spiro atoms. The Morgan fingerprint density at radius 1 is 1.09 bits per heavy atom. The van der Waals surface area contributed by atoms with Crippen LogP contribution in [-0.2, 0) is 0 Å². The van der Waals surface area contributed by atoms with Crippen LogP contribution in [0.15, 0.2) is 48.1 Å². The second-order valence-electron chi connectivity index (χ2n) is 7.70. The highest BCUT2D eigenvalue weighted by molar-refractivity contribution is 6.20. The Labute approximate surface area is 137 Å². The zero-order valence-electron chi connectivity index (χ0n) is 13.9. The SMILES string of the molecule is CC(C)=CCC12C(=O)c3ccccc3C(=O)C1(C)C1C=CC2C1. The van der Waals surface area contributed by atoms with Gasteiger partial charge in [0.05, 0.1) is 10.8 Å². The first-order chi connectivity index (χ1) is 10.9. The van der Waals surface area contributed by atoms with Crippen LogP contribution in [0.4, 0.5) is 0 Å². The van der Waals surface area contributed by atoms with Crippen molar-refractivity contribution in [1.29, 1.82) is 0 Å². The summed E-state index contributed by atoms with van der Waals surface area (Å²) in [6.07, 6.45) is 8.09. The van der Waals surface area contributed by atoms with Gasteiger partial charge in [-0.15, -0.1) is 0 Å². The Hall–Kier alpha value is -1.96. The molecule has 1 saturated carbocycles. The van der Waals surface area contributed by atoms with Crippen LogP contribution in [0.3, 0.4) is 0 Å². The first-order valence-electron chi connectivity index (χ1n) is 8.43. The molecule has 0 N–H and O–H groups in total. The van der Waals surface area contributed by atoms with Crippen LogP contribution >= 0.6 is 0 Å². The molecule has 2 nitrogen and oxygen atoms in total. The molecule has 2 bridgehead atoms. The minimum absolute atomic E-state index is 0.159.